The lowest BCUT2D eigenvalue weighted by molar-refractivity contribution is 0.186. The second-order valence-electron chi connectivity index (χ2n) is 4.93. The van der Waals surface area contributed by atoms with E-state index in [0.29, 0.717) is 6.07 Å². The molecular formula is C13H15F2NO2Si. The number of anilines is 1. The molecule has 0 aliphatic rings. The molecule has 0 saturated heterocycles. The summed E-state index contributed by atoms with van der Waals surface area (Å²) in [6.45, 7) is 6.01. The van der Waals surface area contributed by atoms with Crippen molar-refractivity contribution in [2.75, 3.05) is 12.4 Å². The fourth-order valence-corrected chi connectivity index (χ4v) is 1.72. The standard InChI is InChI=1S/C13H15F2NO2Si/c1-18-13(17)16-12-9(5-6-19(2,3)4)7-10(14)8-11(12)15/h7-8H,1-4H3,(H,16,17). The summed E-state index contributed by atoms with van der Waals surface area (Å²) in [7, 11) is -0.539. The Labute approximate surface area is 112 Å². The number of ether oxygens (including phenoxy) is 1. The van der Waals surface area contributed by atoms with Gasteiger partial charge in [-0.1, -0.05) is 25.6 Å². The lowest BCUT2D eigenvalue weighted by Gasteiger charge is -2.09. The van der Waals surface area contributed by atoms with E-state index < -0.39 is 25.8 Å². The molecule has 1 N–H and O–H groups in total. The number of carbonyl (C=O) groups excluding carboxylic acids is 1. The van der Waals surface area contributed by atoms with E-state index in [1.807, 2.05) is 19.6 Å². The number of carbonyl (C=O) groups is 1. The van der Waals surface area contributed by atoms with Crippen LogP contribution in [-0.4, -0.2) is 21.3 Å². The maximum atomic E-state index is 13.7. The minimum Gasteiger partial charge on any atom is -0.453 e. The average molecular weight is 283 g/mol. The van der Waals surface area contributed by atoms with Crippen LogP contribution >= 0.6 is 0 Å². The number of hydrogen-bond donors (Lipinski definition) is 1. The van der Waals surface area contributed by atoms with Gasteiger partial charge in [0.1, 0.15) is 13.9 Å². The number of nitrogens with one attached hydrogen (secondary N) is 1. The summed E-state index contributed by atoms with van der Waals surface area (Å²) in [5, 5.41) is 2.20. The molecule has 1 aromatic rings. The van der Waals surface area contributed by atoms with Gasteiger partial charge in [0.25, 0.3) is 0 Å². The molecule has 0 aliphatic carbocycles. The van der Waals surface area contributed by atoms with Crippen molar-refractivity contribution in [2.24, 2.45) is 0 Å². The molecule has 0 saturated carbocycles. The SMILES string of the molecule is COC(=O)Nc1c(F)cc(F)cc1C#C[Si](C)(C)C. The Morgan fingerprint density at radius 2 is 1.95 bits per heavy atom. The first-order valence-electron chi connectivity index (χ1n) is 5.60. The molecule has 0 spiro atoms. The molecule has 1 aromatic carbocycles. The highest BCUT2D eigenvalue weighted by Crippen LogP contribution is 2.21. The van der Waals surface area contributed by atoms with E-state index in [1.54, 1.807) is 0 Å². The summed E-state index contributed by atoms with van der Waals surface area (Å²) in [4.78, 5) is 11.1. The van der Waals surface area contributed by atoms with Gasteiger partial charge in [-0.2, -0.15) is 0 Å². The zero-order valence-corrected chi connectivity index (χ0v) is 12.2. The van der Waals surface area contributed by atoms with Gasteiger partial charge in [0.05, 0.1) is 18.4 Å². The van der Waals surface area contributed by atoms with Crippen LogP contribution in [-0.2, 0) is 4.74 Å². The summed E-state index contributed by atoms with van der Waals surface area (Å²) in [6.07, 6.45) is -0.832. The van der Waals surface area contributed by atoms with Crippen molar-refractivity contribution < 1.29 is 18.3 Å². The number of rotatable bonds is 1. The Hall–Kier alpha value is -1.87. The largest absolute Gasteiger partial charge is 0.453 e. The predicted octanol–water partition coefficient (Wildman–Crippen LogP) is 3.37. The molecule has 0 fully saturated rings. The minimum absolute atomic E-state index is 0.102. The van der Waals surface area contributed by atoms with Crippen molar-refractivity contribution in [1.82, 2.24) is 0 Å². The summed E-state index contributed by atoms with van der Waals surface area (Å²) >= 11 is 0. The van der Waals surface area contributed by atoms with Crippen LogP contribution in [0.3, 0.4) is 0 Å². The van der Waals surface area contributed by atoms with Crippen LogP contribution < -0.4 is 5.32 Å². The smallest absolute Gasteiger partial charge is 0.411 e. The van der Waals surface area contributed by atoms with Gasteiger partial charge in [-0.05, 0) is 6.07 Å². The molecule has 6 heteroatoms. The summed E-state index contributed by atoms with van der Waals surface area (Å²) in [6, 6.07) is 1.77. The second-order valence-corrected chi connectivity index (χ2v) is 9.68. The molecule has 19 heavy (non-hydrogen) atoms. The van der Waals surface area contributed by atoms with E-state index in [4.69, 9.17) is 0 Å². The molecule has 0 atom stereocenters. The lowest BCUT2D eigenvalue weighted by atomic mass is 10.1. The molecule has 1 amide bonds. The van der Waals surface area contributed by atoms with Gasteiger partial charge in [-0.15, -0.1) is 5.54 Å². The van der Waals surface area contributed by atoms with Gasteiger partial charge in [-0.3, -0.25) is 5.32 Å². The van der Waals surface area contributed by atoms with E-state index in [9.17, 15) is 13.6 Å². The number of benzene rings is 1. The van der Waals surface area contributed by atoms with Gasteiger partial charge in [0.2, 0.25) is 0 Å². The predicted molar refractivity (Wildman–Crippen MR) is 72.6 cm³/mol. The highest BCUT2D eigenvalue weighted by atomic mass is 28.3. The third-order valence-corrected chi connectivity index (χ3v) is 2.91. The molecule has 102 valence electrons. The van der Waals surface area contributed by atoms with Crippen molar-refractivity contribution >= 4 is 19.9 Å². The van der Waals surface area contributed by atoms with Crippen molar-refractivity contribution in [3.8, 4) is 11.5 Å². The Balaban J connectivity index is 3.27. The molecule has 0 aromatic heterocycles. The number of hydrogen-bond acceptors (Lipinski definition) is 2. The highest BCUT2D eigenvalue weighted by Gasteiger charge is 2.14. The van der Waals surface area contributed by atoms with E-state index >= 15 is 0 Å². The highest BCUT2D eigenvalue weighted by molar-refractivity contribution is 6.83. The molecule has 1 rings (SSSR count). The Kier molecular flexibility index (Phi) is 4.67. The molecular weight excluding hydrogens is 268 g/mol. The molecule has 0 unspecified atom stereocenters. The van der Waals surface area contributed by atoms with E-state index in [-0.39, 0.29) is 11.3 Å². The van der Waals surface area contributed by atoms with Gasteiger partial charge in [0, 0.05) is 6.07 Å². The maximum absolute atomic E-state index is 13.7. The topological polar surface area (TPSA) is 38.3 Å². The Morgan fingerprint density at radius 1 is 1.32 bits per heavy atom. The first-order chi connectivity index (χ1) is 8.73. The van der Waals surface area contributed by atoms with Crippen LogP contribution in [0, 0.1) is 23.1 Å². The number of halogens is 2. The van der Waals surface area contributed by atoms with Crippen molar-refractivity contribution in [3.05, 3.63) is 29.3 Å². The van der Waals surface area contributed by atoms with Gasteiger partial charge >= 0.3 is 6.09 Å². The van der Waals surface area contributed by atoms with Crippen LogP contribution in [0.2, 0.25) is 19.6 Å². The van der Waals surface area contributed by atoms with Gasteiger partial charge < -0.3 is 4.74 Å². The molecule has 0 aliphatic heterocycles. The fraction of sp³-hybridized carbons (Fsp3) is 0.308. The van der Waals surface area contributed by atoms with Crippen LogP contribution in [0.4, 0.5) is 19.3 Å². The second kappa shape index (κ2) is 5.84. The quantitative estimate of drug-likeness (QED) is 0.634. The molecule has 0 bridgehead atoms. The zero-order valence-electron chi connectivity index (χ0n) is 11.2. The van der Waals surface area contributed by atoms with Gasteiger partial charge in [0.15, 0.2) is 5.82 Å². The van der Waals surface area contributed by atoms with E-state index in [1.165, 1.54) is 0 Å². The zero-order chi connectivity index (χ0) is 14.6. The average Bonchev–Trinajstić information content (AvgIpc) is 2.28. The van der Waals surface area contributed by atoms with Crippen molar-refractivity contribution in [1.29, 1.82) is 0 Å². The molecule has 3 nitrogen and oxygen atoms in total. The molecule has 0 heterocycles. The Bertz CT molecular complexity index is 556. The van der Waals surface area contributed by atoms with Gasteiger partial charge in [-0.25, -0.2) is 13.6 Å². The molecule has 0 radical (unpaired) electrons. The normalized spacial score (nSPS) is 10.4. The minimum atomic E-state index is -1.70. The maximum Gasteiger partial charge on any atom is 0.411 e. The monoisotopic (exact) mass is 283 g/mol. The van der Waals surface area contributed by atoms with Crippen molar-refractivity contribution in [2.45, 2.75) is 19.6 Å². The van der Waals surface area contributed by atoms with E-state index in [0.717, 1.165) is 13.2 Å². The van der Waals surface area contributed by atoms with E-state index in [2.05, 4.69) is 21.5 Å². The van der Waals surface area contributed by atoms with Crippen LogP contribution in [0.1, 0.15) is 5.56 Å². The Morgan fingerprint density at radius 3 is 2.47 bits per heavy atom. The summed E-state index contributed by atoms with van der Waals surface area (Å²) in [5.74, 6) is 1.10. The first-order valence-corrected chi connectivity index (χ1v) is 9.10. The third-order valence-electron chi connectivity index (χ3n) is 2.04. The van der Waals surface area contributed by atoms with Crippen LogP contribution in [0.5, 0.6) is 0 Å². The van der Waals surface area contributed by atoms with Crippen molar-refractivity contribution in [3.63, 3.8) is 0 Å². The fourth-order valence-electron chi connectivity index (χ4n) is 1.21. The van der Waals surface area contributed by atoms with Crippen LogP contribution in [0.25, 0.3) is 0 Å². The lowest BCUT2D eigenvalue weighted by Crippen LogP contribution is -2.17. The van der Waals surface area contributed by atoms with Crippen LogP contribution in [0.15, 0.2) is 12.1 Å². The number of methoxy groups -OCH3 is 1. The summed E-state index contributed by atoms with van der Waals surface area (Å²) in [5.41, 5.74) is 2.92. The summed E-state index contributed by atoms with van der Waals surface area (Å²) < 4.78 is 31.3. The first kappa shape index (κ1) is 15.2. The number of amides is 1. The third kappa shape index (κ3) is 4.71.